The van der Waals surface area contributed by atoms with E-state index in [-0.39, 0.29) is 0 Å². The molecule has 0 aliphatic heterocycles. The Morgan fingerprint density at radius 1 is 0.824 bits per heavy atom. The third kappa shape index (κ3) is 1.67. The highest BCUT2D eigenvalue weighted by Gasteiger charge is 2.11. The summed E-state index contributed by atoms with van der Waals surface area (Å²) in [7, 11) is 0. The van der Waals surface area contributed by atoms with Crippen molar-refractivity contribution in [3.63, 3.8) is 0 Å². The fourth-order valence-corrected chi connectivity index (χ4v) is 3.43. The fraction of sp³-hybridized carbons (Fsp3) is 0.125. The van der Waals surface area contributed by atoms with Gasteiger partial charge in [-0.1, -0.05) is 42.5 Å². The van der Waals surface area contributed by atoms with Crippen molar-refractivity contribution < 1.29 is 0 Å². The van der Waals surface area contributed by atoms with Gasteiger partial charge in [0.05, 0.1) is 0 Å². The summed E-state index contributed by atoms with van der Waals surface area (Å²) in [6, 6.07) is 17.3. The molecule has 0 atom stereocenters. The molecule has 3 rings (SSSR count). The van der Waals surface area contributed by atoms with Gasteiger partial charge in [-0.3, -0.25) is 0 Å². The summed E-state index contributed by atoms with van der Waals surface area (Å²) >= 11 is 1.88. The Labute approximate surface area is 106 Å². The molecule has 0 saturated carbocycles. The minimum Gasteiger partial charge on any atom is -0.140 e. The maximum atomic E-state index is 2.22. The van der Waals surface area contributed by atoms with Gasteiger partial charge in [-0.15, -0.1) is 11.3 Å². The van der Waals surface area contributed by atoms with Gasteiger partial charge in [-0.2, -0.15) is 0 Å². The SMILES string of the molecule is Cc1ccccc1-c1c(C)sc2ccccc12. The van der Waals surface area contributed by atoms with Gasteiger partial charge in [-0.05, 0) is 31.0 Å². The predicted molar refractivity (Wildman–Crippen MR) is 76.7 cm³/mol. The Balaban J connectivity index is 2.38. The van der Waals surface area contributed by atoms with E-state index in [0.717, 1.165) is 0 Å². The Morgan fingerprint density at radius 2 is 1.53 bits per heavy atom. The second-order valence-electron chi connectivity index (χ2n) is 4.34. The minimum absolute atomic E-state index is 1.35. The molecule has 0 N–H and O–H groups in total. The summed E-state index contributed by atoms with van der Waals surface area (Å²) in [6.45, 7) is 4.40. The number of aryl methyl sites for hydroxylation is 2. The van der Waals surface area contributed by atoms with Crippen LogP contribution in [0.15, 0.2) is 48.5 Å². The molecule has 1 heteroatoms. The average molecular weight is 238 g/mol. The van der Waals surface area contributed by atoms with Crippen LogP contribution in [0.5, 0.6) is 0 Å². The monoisotopic (exact) mass is 238 g/mol. The van der Waals surface area contributed by atoms with Crippen LogP contribution in [-0.2, 0) is 0 Å². The van der Waals surface area contributed by atoms with Crippen molar-refractivity contribution >= 4 is 21.4 Å². The van der Waals surface area contributed by atoms with E-state index in [0.29, 0.717) is 0 Å². The summed E-state index contributed by atoms with van der Waals surface area (Å²) in [6.07, 6.45) is 0. The summed E-state index contributed by atoms with van der Waals surface area (Å²) in [5.41, 5.74) is 4.12. The number of fused-ring (bicyclic) bond motifs is 1. The van der Waals surface area contributed by atoms with Crippen molar-refractivity contribution in [2.45, 2.75) is 13.8 Å². The minimum atomic E-state index is 1.35. The quantitative estimate of drug-likeness (QED) is 0.547. The number of thiophene rings is 1. The van der Waals surface area contributed by atoms with Crippen molar-refractivity contribution in [1.29, 1.82) is 0 Å². The van der Waals surface area contributed by atoms with Crippen LogP contribution in [0.4, 0.5) is 0 Å². The molecule has 3 aromatic rings. The van der Waals surface area contributed by atoms with Crippen molar-refractivity contribution in [3.8, 4) is 11.1 Å². The first-order valence-electron chi connectivity index (χ1n) is 5.81. The van der Waals surface area contributed by atoms with E-state index < -0.39 is 0 Å². The number of benzene rings is 2. The molecule has 0 aliphatic carbocycles. The molecule has 0 aliphatic rings. The van der Waals surface area contributed by atoms with Crippen LogP contribution >= 0.6 is 11.3 Å². The highest BCUT2D eigenvalue weighted by molar-refractivity contribution is 7.19. The molecule has 0 unspecified atom stereocenters. The predicted octanol–water partition coefficient (Wildman–Crippen LogP) is 5.19. The molecule has 1 heterocycles. The van der Waals surface area contributed by atoms with Crippen LogP contribution in [0.1, 0.15) is 10.4 Å². The van der Waals surface area contributed by atoms with E-state index in [1.807, 2.05) is 11.3 Å². The smallest absolute Gasteiger partial charge is 0.0352 e. The van der Waals surface area contributed by atoms with Gasteiger partial charge in [0.25, 0.3) is 0 Å². The second-order valence-corrected chi connectivity index (χ2v) is 5.60. The normalized spacial score (nSPS) is 10.9. The van der Waals surface area contributed by atoms with Crippen molar-refractivity contribution in [3.05, 3.63) is 59.0 Å². The van der Waals surface area contributed by atoms with Crippen LogP contribution in [0.3, 0.4) is 0 Å². The lowest BCUT2D eigenvalue weighted by Crippen LogP contribution is -1.82. The van der Waals surface area contributed by atoms with Crippen molar-refractivity contribution in [2.75, 3.05) is 0 Å². The highest BCUT2D eigenvalue weighted by Crippen LogP contribution is 2.39. The number of rotatable bonds is 1. The topological polar surface area (TPSA) is 0 Å². The highest BCUT2D eigenvalue weighted by atomic mass is 32.1. The zero-order chi connectivity index (χ0) is 11.8. The van der Waals surface area contributed by atoms with Crippen LogP contribution < -0.4 is 0 Å². The van der Waals surface area contributed by atoms with E-state index in [1.54, 1.807) is 0 Å². The molecular formula is C16H14S. The molecule has 0 fully saturated rings. The van der Waals surface area contributed by atoms with Crippen LogP contribution in [0, 0.1) is 13.8 Å². The molecule has 0 spiro atoms. The van der Waals surface area contributed by atoms with Crippen molar-refractivity contribution in [1.82, 2.24) is 0 Å². The molecule has 0 radical (unpaired) electrons. The third-order valence-corrected chi connectivity index (χ3v) is 4.27. The maximum absolute atomic E-state index is 2.22. The lowest BCUT2D eigenvalue weighted by molar-refractivity contribution is 1.46. The molecule has 0 saturated heterocycles. The molecule has 84 valence electrons. The summed E-state index contributed by atoms with van der Waals surface area (Å²) in [4.78, 5) is 1.40. The second kappa shape index (κ2) is 4.01. The molecule has 0 amide bonds. The Bertz CT molecular complexity index is 677. The first-order chi connectivity index (χ1) is 8.27. The molecule has 1 aromatic heterocycles. The lowest BCUT2D eigenvalue weighted by atomic mass is 9.98. The molecule has 2 aromatic carbocycles. The zero-order valence-corrected chi connectivity index (χ0v) is 10.8. The van der Waals surface area contributed by atoms with Crippen LogP contribution in [0.2, 0.25) is 0 Å². The average Bonchev–Trinajstić information content (AvgIpc) is 2.66. The van der Waals surface area contributed by atoms with Gasteiger partial charge in [0.2, 0.25) is 0 Å². The Hall–Kier alpha value is -1.60. The van der Waals surface area contributed by atoms with E-state index in [1.165, 1.54) is 31.7 Å². The largest absolute Gasteiger partial charge is 0.140 e. The first-order valence-corrected chi connectivity index (χ1v) is 6.63. The van der Waals surface area contributed by atoms with Gasteiger partial charge in [0.15, 0.2) is 0 Å². The molecular weight excluding hydrogens is 224 g/mol. The van der Waals surface area contributed by atoms with Crippen LogP contribution in [0.25, 0.3) is 21.2 Å². The summed E-state index contributed by atoms with van der Waals surface area (Å²) in [5, 5.41) is 1.38. The zero-order valence-electron chi connectivity index (χ0n) is 10.0. The number of hydrogen-bond donors (Lipinski definition) is 0. The third-order valence-electron chi connectivity index (χ3n) is 3.19. The van der Waals surface area contributed by atoms with Gasteiger partial charge >= 0.3 is 0 Å². The van der Waals surface area contributed by atoms with E-state index in [4.69, 9.17) is 0 Å². The maximum Gasteiger partial charge on any atom is 0.0352 e. The van der Waals surface area contributed by atoms with E-state index in [9.17, 15) is 0 Å². The fourth-order valence-electron chi connectivity index (χ4n) is 2.36. The summed E-state index contributed by atoms with van der Waals surface area (Å²) < 4.78 is 1.38. The molecule has 0 bridgehead atoms. The van der Waals surface area contributed by atoms with Gasteiger partial charge in [-0.25, -0.2) is 0 Å². The first kappa shape index (κ1) is 10.5. The van der Waals surface area contributed by atoms with Gasteiger partial charge in [0, 0.05) is 20.5 Å². The standard InChI is InChI=1S/C16H14S/c1-11-7-3-4-8-13(11)16-12(2)17-15-10-6-5-9-14(15)16/h3-10H,1-2H3. The van der Waals surface area contributed by atoms with E-state index >= 15 is 0 Å². The molecule has 17 heavy (non-hydrogen) atoms. The molecule has 0 nitrogen and oxygen atoms in total. The Morgan fingerprint density at radius 3 is 2.35 bits per heavy atom. The van der Waals surface area contributed by atoms with Gasteiger partial charge < -0.3 is 0 Å². The van der Waals surface area contributed by atoms with E-state index in [2.05, 4.69) is 62.4 Å². The summed E-state index contributed by atoms with van der Waals surface area (Å²) in [5.74, 6) is 0. The lowest BCUT2D eigenvalue weighted by Gasteiger charge is -2.05. The van der Waals surface area contributed by atoms with Gasteiger partial charge in [0.1, 0.15) is 0 Å². The number of hydrogen-bond acceptors (Lipinski definition) is 1. The van der Waals surface area contributed by atoms with Crippen LogP contribution in [-0.4, -0.2) is 0 Å². The van der Waals surface area contributed by atoms with Crippen molar-refractivity contribution in [2.24, 2.45) is 0 Å². The Kier molecular flexibility index (Phi) is 2.49.